The van der Waals surface area contributed by atoms with Gasteiger partial charge in [-0.05, 0) is 35.2 Å². The summed E-state index contributed by atoms with van der Waals surface area (Å²) >= 11 is 3.38. The van der Waals surface area contributed by atoms with Crippen molar-refractivity contribution in [3.8, 4) is 0 Å². The highest BCUT2D eigenvalue weighted by Gasteiger charge is 2.36. The Morgan fingerprint density at radius 2 is 1.95 bits per heavy atom. The minimum atomic E-state index is -3.81. The van der Waals surface area contributed by atoms with Crippen molar-refractivity contribution in [2.75, 3.05) is 0 Å². The van der Waals surface area contributed by atoms with Gasteiger partial charge < -0.3 is 5.11 Å². The van der Waals surface area contributed by atoms with Crippen LogP contribution < -0.4 is 0 Å². The predicted molar refractivity (Wildman–Crippen MR) is 83.9 cm³/mol. The molecule has 0 aromatic carbocycles. The molecule has 0 fully saturated rings. The van der Waals surface area contributed by atoms with E-state index in [0.717, 1.165) is 5.69 Å². The third-order valence-electron chi connectivity index (χ3n) is 3.27. The van der Waals surface area contributed by atoms with Crippen LogP contribution in [0, 0.1) is 5.92 Å². The molecule has 0 spiro atoms. The number of rotatable bonds is 7. The molecule has 0 saturated carbocycles. The van der Waals surface area contributed by atoms with Crippen LogP contribution in [-0.4, -0.2) is 34.5 Å². The van der Waals surface area contributed by atoms with Crippen LogP contribution in [0.4, 0.5) is 0 Å². The van der Waals surface area contributed by atoms with Gasteiger partial charge >= 0.3 is 5.97 Å². The number of carboxylic acid groups (broad SMARTS) is 1. The third-order valence-corrected chi connectivity index (χ3v) is 6.38. The highest BCUT2D eigenvalue weighted by Crippen LogP contribution is 2.26. The maximum atomic E-state index is 12.5. The zero-order valence-electron chi connectivity index (χ0n) is 12.6. The molecule has 21 heavy (non-hydrogen) atoms. The first-order valence-electron chi connectivity index (χ1n) is 6.84. The van der Waals surface area contributed by atoms with E-state index in [9.17, 15) is 18.3 Å². The molecular weight excluding hydrogens is 360 g/mol. The number of carboxylic acids is 1. The molecule has 1 heterocycles. The van der Waals surface area contributed by atoms with E-state index in [0.29, 0.717) is 23.1 Å². The Bertz CT molecular complexity index is 622. The zero-order chi connectivity index (χ0) is 16.4. The standard InChI is InChI=1S/C13H21BrN2O4S/c1-5-9-11(14)10(16(6-2)15-9)7-21(19,20)12(8(3)4)13(17)18/h8,12H,5-7H2,1-4H3,(H,17,18). The summed E-state index contributed by atoms with van der Waals surface area (Å²) in [7, 11) is -3.81. The number of hydrogen-bond acceptors (Lipinski definition) is 4. The molecule has 0 aliphatic rings. The smallest absolute Gasteiger partial charge is 0.322 e. The van der Waals surface area contributed by atoms with E-state index >= 15 is 0 Å². The number of aliphatic carboxylic acids is 1. The summed E-state index contributed by atoms with van der Waals surface area (Å²) in [5.74, 6) is -2.13. The summed E-state index contributed by atoms with van der Waals surface area (Å²) < 4.78 is 27.2. The normalized spacial score (nSPS) is 13.6. The molecule has 120 valence electrons. The fourth-order valence-electron chi connectivity index (χ4n) is 2.29. The zero-order valence-corrected chi connectivity index (χ0v) is 15.0. The topological polar surface area (TPSA) is 89.3 Å². The van der Waals surface area contributed by atoms with Crippen molar-refractivity contribution in [3.05, 3.63) is 15.9 Å². The largest absolute Gasteiger partial charge is 0.480 e. The number of halogens is 1. The fraction of sp³-hybridized carbons (Fsp3) is 0.692. The van der Waals surface area contributed by atoms with E-state index in [1.165, 1.54) is 0 Å². The Kier molecular flexibility index (Phi) is 5.98. The fourth-order valence-corrected chi connectivity index (χ4v) is 5.17. The van der Waals surface area contributed by atoms with E-state index in [4.69, 9.17) is 0 Å². The molecule has 1 aromatic rings. The van der Waals surface area contributed by atoms with Crippen molar-refractivity contribution in [3.63, 3.8) is 0 Å². The average Bonchev–Trinajstić information content (AvgIpc) is 2.64. The van der Waals surface area contributed by atoms with Gasteiger partial charge in [-0.1, -0.05) is 20.8 Å². The van der Waals surface area contributed by atoms with Gasteiger partial charge in [-0.25, -0.2) is 8.42 Å². The van der Waals surface area contributed by atoms with Gasteiger partial charge in [0.1, 0.15) is 0 Å². The second-order valence-electron chi connectivity index (χ2n) is 5.19. The quantitative estimate of drug-likeness (QED) is 0.783. The van der Waals surface area contributed by atoms with Crippen LogP contribution in [0.5, 0.6) is 0 Å². The van der Waals surface area contributed by atoms with Crippen molar-refractivity contribution in [1.82, 2.24) is 9.78 Å². The van der Waals surface area contributed by atoms with Crippen LogP contribution >= 0.6 is 15.9 Å². The van der Waals surface area contributed by atoms with Crippen LogP contribution in [0.1, 0.15) is 39.1 Å². The molecule has 1 N–H and O–H groups in total. The van der Waals surface area contributed by atoms with Gasteiger partial charge in [0.15, 0.2) is 15.1 Å². The minimum Gasteiger partial charge on any atom is -0.480 e. The van der Waals surface area contributed by atoms with E-state index in [-0.39, 0.29) is 5.75 Å². The summed E-state index contributed by atoms with van der Waals surface area (Å²) in [6.45, 7) is 7.52. The molecule has 0 radical (unpaired) electrons. The Hall–Kier alpha value is -0.890. The van der Waals surface area contributed by atoms with Gasteiger partial charge in [-0.2, -0.15) is 5.10 Å². The van der Waals surface area contributed by atoms with Crippen LogP contribution in [0.25, 0.3) is 0 Å². The molecule has 1 unspecified atom stereocenters. The van der Waals surface area contributed by atoms with E-state index in [2.05, 4.69) is 21.0 Å². The van der Waals surface area contributed by atoms with Crippen LogP contribution in [0.15, 0.2) is 4.47 Å². The van der Waals surface area contributed by atoms with Gasteiger partial charge in [0, 0.05) is 6.54 Å². The lowest BCUT2D eigenvalue weighted by atomic mass is 10.1. The predicted octanol–water partition coefficient (Wildman–Crippen LogP) is 2.25. The maximum absolute atomic E-state index is 12.5. The first kappa shape index (κ1) is 18.2. The number of aromatic nitrogens is 2. The first-order chi connectivity index (χ1) is 9.65. The Labute approximate surface area is 133 Å². The van der Waals surface area contributed by atoms with Crippen molar-refractivity contribution in [2.24, 2.45) is 5.92 Å². The molecular formula is C13H21BrN2O4S. The van der Waals surface area contributed by atoms with E-state index in [1.54, 1.807) is 18.5 Å². The Morgan fingerprint density at radius 3 is 2.33 bits per heavy atom. The van der Waals surface area contributed by atoms with Gasteiger partial charge in [-0.15, -0.1) is 0 Å². The van der Waals surface area contributed by atoms with Crippen molar-refractivity contribution < 1.29 is 18.3 Å². The number of aryl methyl sites for hydroxylation is 2. The van der Waals surface area contributed by atoms with Crippen molar-refractivity contribution >= 4 is 31.7 Å². The highest BCUT2D eigenvalue weighted by molar-refractivity contribution is 9.10. The van der Waals surface area contributed by atoms with Crippen LogP contribution in [0.3, 0.4) is 0 Å². The van der Waals surface area contributed by atoms with Gasteiger partial charge in [0.05, 0.1) is 21.6 Å². The molecule has 1 atom stereocenters. The molecule has 0 amide bonds. The Balaban J connectivity index is 3.26. The van der Waals surface area contributed by atoms with Gasteiger partial charge in [0.2, 0.25) is 0 Å². The minimum absolute atomic E-state index is 0.330. The lowest BCUT2D eigenvalue weighted by molar-refractivity contribution is -0.137. The molecule has 1 aromatic heterocycles. The second kappa shape index (κ2) is 6.91. The van der Waals surface area contributed by atoms with Gasteiger partial charge in [0.25, 0.3) is 0 Å². The number of sulfone groups is 1. The molecule has 0 aliphatic heterocycles. The number of hydrogen-bond donors (Lipinski definition) is 1. The van der Waals surface area contributed by atoms with E-state index < -0.39 is 27.0 Å². The summed E-state index contributed by atoms with van der Waals surface area (Å²) in [6.07, 6.45) is 0.674. The third kappa shape index (κ3) is 3.85. The second-order valence-corrected chi connectivity index (χ2v) is 8.10. The summed E-state index contributed by atoms with van der Waals surface area (Å²) in [5, 5.41) is 12.1. The molecule has 0 saturated heterocycles. The highest BCUT2D eigenvalue weighted by atomic mass is 79.9. The SMILES string of the molecule is CCc1nn(CC)c(CS(=O)(=O)C(C(=O)O)C(C)C)c1Br. The van der Waals surface area contributed by atoms with Crippen LogP contribution in [0.2, 0.25) is 0 Å². The molecule has 1 rings (SSSR count). The molecule has 6 nitrogen and oxygen atoms in total. The molecule has 8 heteroatoms. The van der Waals surface area contributed by atoms with E-state index in [1.807, 2.05) is 13.8 Å². The van der Waals surface area contributed by atoms with Crippen LogP contribution in [-0.2, 0) is 33.4 Å². The maximum Gasteiger partial charge on any atom is 0.322 e. The average molecular weight is 381 g/mol. The number of nitrogens with zero attached hydrogens (tertiary/aromatic N) is 2. The first-order valence-corrected chi connectivity index (χ1v) is 9.34. The number of carbonyl (C=O) groups is 1. The summed E-state index contributed by atoms with van der Waals surface area (Å²) in [6, 6.07) is 0. The van der Waals surface area contributed by atoms with Gasteiger partial charge in [-0.3, -0.25) is 9.48 Å². The van der Waals surface area contributed by atoms with Crippen molar-refractivity contribution in [2.45, 2.75) is 51.7 Å². The lowest BCUT2D eigenvalue weighted by Crippen LogP contribution is -2.36. The lowest BCUT2D eigenvalue weighted by Gasteiger charge is -2.17. The molecule has 0 aliphatic carbocycles. The summed E-state index contributed by atoms with van der Waals surface area (Å²) in [5.41, 5.74) is 1.29. The molecule has 0 bridgehead atoms. The van der Waals surface area contributed by atoms with Crippen molar-refractivity contribution in [1.29, 1.82) is 0 Å². The summed E-state index contributed by atoms with van der Waals surface area (Å²) in [4.78, 5) is 11.3. The monoisotopic (exact) mass is 380 g/mol. The Morgan fingerprint density at radius 1 is 1.38 bits per heavy atom.